The Bertz CT molecular complexity index is 897. The van der Waals surface area contributed by atoms with Crippen molar-refractivity contribution in [2.24, 2.45) is 11.1 Å². The maximum Gasteiger partial charge on any atom is 0.307 e. The molecule has 0 radical (unpaired) electrons. The lowest BCUT2D eigenvalue weighted by atomic mass is 9.95. The van der Waals surface area contributed by atoms with Gasteiger partial charge in [-0.3, -0.25) is 9.69 Å². The largest absolute Gasteiger partial charge is 0.481 e. The second-order valence-electron chi connectivity index (χ2n) is 7.53. The summed E-state index contributed by atoms with van der Waals surface area (Å²) in [6, 6.07) is 13.8. The lowest BCUT2D eigenvalue weighted by molar-refractivity contribution is -0.143. The summed E-state index contributed by atoms with van der Waals surface area (Å²) in [6.07, 6.45) is 1.65. The van der Waals surface area contributed by atoms with E-state index in [1.165, 1.54) is 0 Å². The number of likely N-dealkylation sites (tertiary alicyclic amines) is 1. The lowest BCUT2D eigenvalue weighted by Crippen LogP contribution is -2.40. The molecule has 0 bridgehead atoms. The molecule has 1 saturated heterocycles. The Morgan fingerprint density at radius 2 is 1.97 bits per heavy atom. The van der Waals surface area contributed by atoms with Gasteiger partial charge in [0.05, 0.1) is 5.92 Å². The summed E-state index contributed by atoms with van der Waals surface area (Å²) in [5.74, 6) is -1.000. The zero-order valence-electron chi connectivity index (χ0n) is 16.9. The molecule has 0 saturated carbocycles. The molecule has 1 N–H and O–H groups in total. The number of aryl methyl sites for hydroxylation is 2. The van der Waals surface area contributed by atoms with Crippen molar-refractivity contribution in [1.29, 1.82) is 0 Å². The smallest absolute Gasteiger partial charge is 0.307 e. The number of carboxylic acid groups (broad SMARTS) is 1. The molecule has 0 aliphatic carbocycles. The van der Waals surface area contributed by atoms with Gasteiger partial charge in [-0.15, -0.1) is 0 Å². The average Bonchev–Trinajstić information content (AvgIpc) is 2.70. The predicted molar refractivity (Wildman–Crippen MR) is 116 cm³/mol. The molecule has 1 atom stereocenters. The number of hydrogen-bond donors (Lipinski definition) is 1. The van der Waals surface area contributed by atoms with Crippen LogP contribution in [-0.4, -0.2) is 47.9 Å². The second kappa shape index (κ2) is 9.90. The average molecular weight is 415 g/mol. The van der Waals surface area contributed by atoms with Crippen molar-refractivity contribution in [2.75, 3.05) is 26.2 Å². The zero-order valence-corrected chi connectivity index (χ0v) is 17.7. The summed E-state index contributed by atoms with van der Waals surface area (Å²) >= 11 is 6.13. The number of halogens is 1. The van der Waals surface area contributed by atoms with E-state index in [0.717, 1.165) is 47.4 Å². The van der Waals surface area contributed by atoms with Crippen LogP contribution in [0.1, 0.15) is 35.1 Å². The normalized spacial score (nSPS) is 17.9. The number of carbonyl (C=O) groups is 1. The molecule has 6 heteroatoms. The minimum absolute atomic E-state index is 0.286. The van der Waals surface area contributed by atoms with Gasteiger partial charge < -0.3 is 9.94 Å². The SMILES string of the molecule is Cc1ccccc1C(=NOCCN1CCCC(C(=O)O)C1)c1ccc(Cl)cc1C. The standard InChI is InChI=1S/C23H27ClN2O3/c1-16-6-3-4-8-20(16)22(21-10-9-19(24)14-17(21)2)25-29-13-12-26-11-5-7-18(15-26)23(27)28/h3-4,6,8-10,14,18H,5,7,11-13,15H2,1-2H3,(H,27,28). The molecular formula is C23H27ClN2O3. The minimum Gasteiger partial charge on any atom is -0.481 e. The van der Waals surface area contributed by atoms with Gasteiger partial charge in [0.25, 0.3) is 0 Å². The van der Waals surface area contributed by atoms with Crippen LogP contribution in [0.5, 0.6) is 0 Å². The third-order valence-corrected chi connectivity index (χ3v) is 5.59. The summed E-state index contributed by atoms with van der Waals surface area (Å²) in [5.41, 5.74) is 4.92. The second-order valence-corrected chi connectivity index (χ2v) is 7.96. The number of piperidine rings is 1. The highest BCUT2D eigenvalue weighted by atomic mass is 35.5. The molecule has 0 spiro atoms. The quantitative estimate of drug-likeness (QED) is 0.411. The van der Waals surface area contributed by atoms with Crippen molar-refractivity contribution < 1.29 is 14.7 Å². The number of hydrogen-bond acceptors (Lipinski definition) is 4. The molecule has 1 aliphatic rings. The fraction of sp³-hybridized carbons (Fsp3) is 0.391. The van der Waals surface area contributed by atoms with Crippen molar-refractivity contribution in [1.82, 2.24) is 4.90 Å². The highest BCUT2D eigenvalue weighted by Gasteiger charge is 2.25. The Labute approximate surface area is 176 Å². The van der Waals surface area contributed by atoms with Crippen molar-refractivity contribution in [3.8, 4) is 0 Å². The van der Waals surface area contributed by atoms with Gasteiger partial charge in [0.1, 0.15) is 12.3 Å². The third-order valence-electron chi connectivity index (χ3n) is 5.35. The van der Waals surface area contributed by atoms with Gasteiger partial charge in [0.2, 0.25) is 0 Å². The van der Waals surface area contributed by atoms with Crippen molar-refractivity contribution in [3.63, 3.8) is 0 Å². The van der Waals surface area contributed by atoms with E-state index in [-0.39, 0.29) is 5.92 Å². The topological polar surface area (TPSA) is 62.1 Å². The van der Waals surface area contributed by atoms with Gasteiger partial charge in [-0.1, -0.05) is 47.1 Å². The summed E-state index contributed by atoms with van der Waals surface area (Å²) in [4.78, 5) is 19.1. The van der Waals surface area contributed by atoms with Gasteiger partial charge in [-0.05, 0) is 56.5 Å². The summed E-state index contributed by atoms with van der Waals surface area (Å²) in [7, 11) is 0. The molecule has 1 unspecified atom stereocenters. The molecule has 154 valence electrons. The van der Waals surface area contributed by atoms with E-state index in [4.69, 9.17) is 16.4 Å². The first-order valence-corrected chi connectivity index (χ1v) is 10.3. The molecule has 2 aromatic rings. The van der Waals surface area contributed by atoms with Crippen molar-refractivity contribution in [2.45, 2.75) is 26.7 Å². The number of carboxylic acids is 1. The van der Waals surface area contributed by atoms with Gasteiger partial charge in [0, 0.05) is 29.2 Å². The van der Waals surface area contributed by atoms with Crippen LogP contribution < -0.4 is 0 Å². The molecule has 2 aromatic carbocycles. The van der Waals surface area contributed by atoms with E-state index in [9.17, 15) is 9.90 Å². The lowest BCUT2D eigenvalue weighted by Gasteiger charge is -2.30. The summed E-state index contributed by atoms with van der Waals surface area (Å²) in [5, 5.41) is 14.4. The molecule has 1 heterocycles. The maximum absolute atomic E-state index is 11.2. The molecule has 0 aromatic heterocycles. The van der Waals surface area contributed by atoms with Crippen LogP contribution >= 0.6 is 11.6 Å². The Balaban J connectivity index is 1.74. The number of rotatable bonds is 7. The first-order chi connectivity index (χ1) is 14.0. The van der Waals surface area contributed by atoms with Gasteiger partial charge in [-0.2, -0.15) is 0 Å². The van der Waals surface area contributed by atoms with Crippen LogP contribution in [0.4, 0.5) is 0 Å². The van der Waals surface area contributed by atoms with Crippen LogP contribution in [-0.2, 0) is 9.63 Å². The highest BCUT2D eigenvalue weighted by molar-refractivity contribution is 6.31. The molecule has 1 fully saturated rings. The number of oxime groups is 1. The first kappa shape index (κ1) is 21.3. The van der Waals surface area contributed by atoms with Crippen LogP contribution in [0.3, 0.4) is 0 Å². The van der Waals surface area contributed by atoms with E-state index in [1.54, 1.807) is 0 Å². The Hall–Kier alpha value is -2.37. The first-order valence-electron chi connectivity index (χ1n) is 9.93. The minimum atomic E-state index is -0.714. The molecule has 5 nitrogen and oxygen atoms in total. The molecule has 3 rings (SSSR count). The van der Waals surface area contributed by atoms with Gasteiger partial charge in [0.15, 0.2) is 0 Å². The number of benzene rings is 2. The Kier molecular flexibility index (Phi) is 7.29. The van der Waals surface area contributed by atoms with Crippen LogP contribution in [0, 0.1) is 19.8 Å². The molecule has 1 aliphatic heterocycles. The maximum atomic E-state index is 11.2. The van der Waals surface area contributed by atoms with Crippen LogP contribution in [0.15, 0.2) is 47.6 Å². The zero-order chi connectivity index (χ0) is 20.8. The Morgan fingerprint density at radius 1 is 1.21 bits per heavy atom. The Morgan fingerprint density at radius 3 is 2.69 bits per heavy atom. The number of nitrogens with zero attached hydrogens (tertiary/aromatic N) is 2. The third kappa shape index (κ3) is 5.58. The van der Waals surface area contributed by atoms with E-state index in [2.05, 4.69) is 23.0 Å². The summed E-state index contributed by atoms with van der Waals surface area (Å²) in [6.45, 7) is 6.61. The van der Waals surface area contributed by atoms with E-state index >= 15 is 0 Å². The van der Waals surface area contributed by atoms with Crippen molar-refractivity contribution in [3.05, 3.63) is 69.7 Å². The molecular weight excluding hydrogens is 388 g/mol. The van der Waals surface area contributed by atoms with Gasteiger partial charge >= 0.3 is 5.97 Å². The molecule has 29 heavy (non-hydrogen) atoms. The monoisotopic (exact) mass is 414 g/mol. The van der Waals surface area contributed by atoms with Crippen molar-refractivity contribution >= 4 is 23.3 Å². The van der Waals surface area contributed by atoms with E-state index in [1.807, 2.05) is 43.3 Å². The number of aliphatic carboxylic acids is 1. The fourth-order valence-electron chi connectivity index (χ4n) is 3.72. The van der Waals surface area contributed by atoms with Crippen LogP contribution in [0.25, 0.3) is 0 Å². The summed E-state index contributed by atoms with van der Waals surface area (Å²) < 4.78 is 0. The predicted octanol–water partition coefficient (Wildman–Crippen LogP) is 4.52. The fourth-order valence-corrected chi connectivity index (χ4v) is 3.94. The molecule has 0 amide bonds. The van der Waals surface area contributed by atoms with E-state index < -0.39 is 5.97 Å². The van der Waals surface area contributed by atoms with Gasteiger partial charge in [-0.25, -0.2) is 0 Å². The highest BCUT2D eigenvalue weighted by Crippen LogP contribution is 2.21. The van der Waals surface area contributed by atoms with Crippen LogP contribution in [0.2, 0.25) is 5.02 Å². The van der Waals surface area contributed by atoms with E-state index in [0.29, 0.717) is 24.7 Å².